The van der Waals surface area contributed by atoms with Gasteiger partial charge in [-0.2, -0.15) is 4.31 Å². The molecule has 0 aliphatic carbocycles. The number of rotatable bonds is 5. The third kappa shape index (κ3) is 4.44. The molecule has 2 aliphatic rings. The van der Waals surface area contributed by atoms with Gasteiger partial charge in [0.05, 0.1) is 10.6 Å². The summed E-state index contributed by atoms with van der Waals surface area (Å²) in [5.74, 6) is 0.285. The van der Waals surface area contributed by atoms with E-state index in [0.717, 1.165) is 44.6 Å². The van der Waals surface area contributed by atoms with E-state index in [2.05, 4.69) is 29.0 Å². The maximum atomic E-state index is 12.8. The molecule has 4 rings (SSSR count). The van der Waals surface area contributed by atoms with Crippen LogP contribution in [0, 0.1) is 5.92 Å². The Labute approximate surface area is 182 Å². The highest BCUT2D eigenvalue weighted by Crippen LogP contribution is 2.29. The van der Waals surface area contributed by atoms with E-state index in [1.165, 1.54) is 28.3 Å². The second-order valence-electron chi connectivity index (χ2n) is 8.07. The Bertz CT molecular complexity index is 1010. The Kier molecular flexibility index (Phi) is 6.24. The lowest BCUT2D eigenvalue weighted by Crippen LogP contribution is -2.37. The summed E-state index contributed by atoms with van der Waals surface area (Å²) in [4.78, 5) is 21.0. The van der Waals surface area contributed by atoms with Gasteiger partial charge in [-0.15, -0.1) is 11.3 Å². The highest BCUT2D eigenvalue weighted by molar-refractivity contribution is 7.89. The van der Waals surface area contributed by atoms with Crippen molar-refractivity contribution in [2.24, 2.45) is 5.92 Å². The molecule has 7 nitrogen and oxygen atoms in total. The number of benzene rings is 1. The van der Waals surface area contributed by atoms with Gasteiger partial charge in [0.1, 0.15) is 0 Å². The van der Waals surface area contributed by atoms with Gasteiger partial charge < -0.3 is 0 Å². The predicted octanol–water partition coefficient (Wildman–Crippen LogP) is 3.19. The van der Waals surface area contributed by atoms with Gasteiger partial charge in [0.2, 0.25) is 10.0 Å². The van der Waals surface area contributed by atoms with Crippen molar-refractivity contribution in [1.82, 2.24) is 14.2 Å². The van der Waals surface area contributed by atoms with Crippen LogP contribution in [0.5, 0.6) is 0 Å². The molecular formula is C21H28N4O3S2. The fraction of sp³-hybridized carbons (Fsp3) is 0.524. The van der Waals surface area contributed by atoms with Crippen LogP contribution >= 0.6 is 11.3 Å². The highest BCUT2D eigenvalue weighted by Gasteiger charge is 2.28. The fourth-order valence-electron chi connectivity index (χ4n) is 3.89. The molecule has 1 saturated heterocycles. The SMILES string of the molecule is CCN1CCc2nc(NC(=O)c3ccc(S(=O)(=O)N4CCC(C)CC4)cc3)sc2C1. The summed E-state index contributed by atoms with van der Waals surface area (Å²) in [6.45, 7) is 8.27. The summed E-state index contributed by atoms with van der Waals surface area (Å²) in [7, 11) is -3.51. The summed E-state index contributed by atoms with van der Waals surface area (Å²) in [5, 5.41) is 3.46. The van der Waals surface area contributed by atoms with Crippen molar-refractivity contribution in [2.45, 2.75) is 44.6 Å². The molecule has 0 atom stereocenters. The van der Waals surface area contributed by atoms with E-state index in [-0.39, 0.29) is 10.8 Å². The molecule has 2 aromatic rings. The summed E-state index contributed by atoms with van der Waals surface area (Å²) < 4.78 is 27.2. The van der Waals surface area contributed by atoms with Gasteiger partial charge in [0, 0.05) is 43.0 Å². The first-order valence-electron chi connectivity index (χ1n) is 10.5. The molecule has 2 aliphatic heterocycles. The topological polar surface area (TPSA) is 82.6 Å². The van der Waals surface area contributed by atoms with Crippen LogP contribution in [0.15, 0.2) is 29.2 Å². The Morgan fingerprint density at radius 1 is 1.20 bits per heavy atom. The standard InChI is InChI=1S/C21H28N4O3S2/c1-3-24-11-10-18-19(14-24)29-21(22-18)23-20(26)16-4-6-17(7-5-16)30(27,28)25-12-8-15(2)9-13-25/h4-7,15H,3,8-14H2,1-2H3,(H,22,23,26). The van der Waals surface area contributed by atoms with Crippen LogP contribution in [-0.2, 0) is 23.0 Å². The van der Waals surface area contributed by atoms with Crippen LogP contribution < -0.4 is 5.32 Å². The first kappa shape index (κ1) is 21.4. The zero-order valence-corrected chi connectivity index (χ0v) is 19.1. The number of thiazole rings is 1. The first-order chi connectivity index (χ1) is 14.4. The van der Waals surface area contributed by atoms with Crippen molar-refractivity contribution in [1.29, 1.82) is 0 Å². The predicted molar refractivity (Wildman–Crippen MR) is 118 cm³/mol. The van der Waals surface area contributed by atoms with E-state index in [4.69, 9.17) is 0 Å². The molecule has 30 heavy (non-hydrogen) atoms. The molecule has 1 amide bonds. The van der Waals surface area contributed by atoms with Crippen LogP contribution in [0.3, 0.4) is 0 Å². The number of anilines is 1. The number of carbonyl (C=O) groups is 1. The first-order valence-corrected chi connectivity index (χ1v) is 12.7. The van der Waals surface area contributed by atoms with Gasteiger partial charge in [-0.3, -0.25) is 15.0 Å². The van der Waals surface area contributed by atoms with Crippen molar-refractivity contribution in [3.05, 3.63) is 40.4 Å². The molecule has 3 heterocycles. The van der Waals surface area contributed by atoms with Gasteiger partial charge in [-0.1, -0.05) is 13.8 Å². The normalized spacial score (nSPS) is 18.9. The second kappa shape index (κ2) is 8.74. The second-order valence-corrected chi connectivity index (χ2v) is 11.1. The molecule has 0 radical (unpaired) electrons. The van der Waals surface area contributed by atoms with Gasteiger partial charge in [-0.05, 0) is 49.6 Å². The fourth-order valence-corrected chi connectivity index (χ4v) is 6.41. The summed E-state index contributed by atoms with van der Waals surface area (Å²) in [6.07, 6.45) is 2.67. The third-order valence-electron chi connectivity index (χ3n) is 5.97. The third-order valence-corrected chi connectivity index (χ3v) is 8.89. The van der Waals surface area contributed by atoms with Crippen molar-refractivity contribution < 1.29 is 13.2 Å². The minimum absolute atomic E-state index is 0.234. The van der Waals surface area contributed by atoms with E-state index in [9.17, 15) is 13.2 Å². The molecule has 1 aromatic heterocycles. The number of piperidine rings is 1. The minimum Gasteiger partial charge on any atom is -0.298 e. The zero-order valence-electron chi connectivity index (χ0n) is 17.4. The van der Waals surface area contributed by atoms with Gasteiger partial charge in [0.25, 0.3) is 5.91 Å². The van der Waals surface area contributed by atoms with Gasteiger partial charge >= 0.3 is 0 Å². The van der Waals surface area contributed by atoms with Crippen molar-refractivity contribution >= 4 is 32.4 Å². The number of hydrogen-bond donors (Lipinski definition) is 1. The zero-order chi connectivity index (χ0) is 21.3. The lowest BCUT2D eigenvalue weighted by molar-refractivity contribution is 0.102. The Morgan fingerprint density at radius 2 is 1.90 bits per heavy atom. The summed E-state index contributed by atoms with van der Waals surface area (Å²) >= 11 is 1.52. The molecule has 162 valence electrons. The highest BCUT2D eigenvalue weighted by atomic mass is 32.2. The average molecular weight is 449 g/mol. The van der Waals surface area contributed by atoms with Crippen LogP contribution in [0.1, 0.15) is 47.6 Å². The lowest BCUT2D eigenvalue weighted by Gasteiger charge is -2.29. The average Bonchev–Trinajstić information content (AvgIpc) is 3.15. The van der Waals surface area contributed by atoms with Crippen LogP contribution in [0.4, 0.5) is 5.13 Å². The van der Waals surface area contributed by atoms with Crippen molar-refractivity contribution in [3.63, 3.8) is 0 Å². The Morgan fingerprint density at radius 3 is 2.57 bits per heavy atom. The quantitative estimate of drug-likeness (QED) is 0.760. The number of hydrogen-bond acceptors (Lipinski definition) is 6. The number of nitrogens with zero attached hydrogens (tertiary/aromatic N) is 3. The molecule has 0 bridgehead atoms. The van der Waals surface area contributed by atoms with Gasteiger partial charge in [-0.25, -0.2) is 13.4 Å². The number of carbonyl (C=O) groups excluding carboxylic acids is 1. The molecule has 0 saturated carbocycles. The number of sulfonamides is 1. The molecule has 0 unspecified atom stereocenters. The maximum absolute atomic E-state index is 12.8. The Hall–Kier alpha value is -1.81. The van der Waals surface area contributed by atoms with E-state index in [1.54, 1.807) is 16.4 Å². The monoisotopic (exact) mass is 448 g/mol. The molecule has 0 spiro atoms. The van der Waals surface area contributed by atoms with Crippen LogP contribution in [-0.4, -0.2) is 54.7 Å². The summed E-state index contributed by atoms with van der Waals surface area (Å²) in [6, 6.07) is 6.19. The van der Waals surface area contributed by atoms with E-state index < -0.39 is 10.0 Å². The number of likely N-dealkylation sites (N-methyl/N-ethyl adjacent to an activating group) is 1. The number of aromatic nitrogens is 1. The van der Waals surface area contributed by atoms with E-state index in [1.807, 2.05) is 0 Å². The van der Waals surface area contributed by atoms with Gasteiger partial charge in [0.15, 0.2) is 5.13 Å². The van der Waals surface area contributed by atoms with Crippen molar-refractivity contribution in [3.8, 4) is 0 Å². The molecular weight excluding hydrogens is 420 g/mol. The number of amides is 1. The lowest BCUT2D eigenvalue weighted by atomic mass is 10.0. The maximum Gasteiger partial charge on any atom is 0.257 e. The smallest absolute Gasteiger partial charge is 0.257 e. The minimum atomic E-state index is -3.51. The van der Waals surface area contributed by atoms with E-state index in [0.29, 0.717) is 29.7 Å². The molecule has 1 aromatic carbocycles. The molecule has 1 N–H and O–H groups in total. The number of fused-ring (bicyclic) bond motifs is 1. The largest absolute Gasteiger partial charge is 0.298 e. The van der Waals surface area contributed by atoms with Crippen molar-refractivity contribution in [2.75, 3.05) is 31.5 Å². The Balaban J connectivity index is 1.43. The van der Waals surface area contributed by atoms with Crippen LogP contribution in [0.2, 0.25) is 0 Å². The van der Waals surface area contributed by atoms with Crippen LogP contribution in [0.25, 0.3) is 0 Å². The summed E-state index contributed by atoms with van der Waals surface area (Å²) in [5.41, 5.74) is 1.49. The molecule has 9 heteroatoms. The molecule has 1 fully saturated rings. The number of nitrogens with one attached hydrogen (secondary N) is 1. The van der Waals surface area contributed by atoms with E-state index >= 15 is 0 Å².